The number of carbonyl (C=O) groups excluding carboxylic acids is 1. The number of hydrogen-bond acceptors (Lipinski definition) is 5. The summed E-state index contributed by atoms with van der Waals surface area (Å²) in [5.41, 5.74) is 0.851. The third-order valence-corrected chi connectivity index (χ3v) is 6.94. The molecule has 2 aromatic heterocycles. The topological polar surface area (TPSA) is 73.1 Å². The van der Waals surface area contributed by atoms with E-state index in [1.165, 1.54) is 12.3 Å². The third kappa shape index (κ3) is 6.16. The van der Waals surface area contributed by atoms with Crippen LogP contribution in [0.5, 0.6) is 0 Å². The number of aromatic nitrogens is 4. The number of rotatable bonds is 8. The van der Waals surface area contributed by atoms with E-state index < -0.39 is 14.0 Å². The Balaban J connectivity index is 1.67. The van der Waals surface area contributed by atoms with Gasteiger partial charge in [-0.15, -0.1) is 19.2 Å². The summed E-state index contributed by atoms with van der Waals surface area (Å²) < 4.78 is 20.9. The fraction of sp³-hybridized carbons (Fsp3) is 0.579. The van der Waals surface area contributed by atoms with E-state index in [0.717, 1.165) is 24.4 Å². The van der Waals surface area contributed by atoms with Gasteiger partial charge < -0.3 is 4.74 Å². The minimum absolute atomic E-state index is 0.00354. The van der Waals surface area contributed by atoms with Crippen LogP contribution < -0.4 is 4.90 Å². The van der Waals surface area contributed by atoms with Crippen LogP contribution in [0, 0.1) is 11.9 Å². The van der Waals surface area contributed by atoms with Gasteiger partial charge in [-0.3, -0.25) is 9.69 Å². The SMILES string of the molecule is C[Si-](C)(C)CCOCn1nc(Br)nc1N1CCCC(Cc2ccc(F)nc2)C1=O. The van der Waals surface area contributed by atoms with Gasteiger partial charge in [0.05, 0.1) is 0 Å². The van der Waals surface area contributed by atoms with Crippen LogP contribution in [0.4, 0.5) is 10.3 Å². The van der Waals surface area contributed by atoms with Crippen molar-refractivity contribution in [2.45, 2.75) is 51.7 Å². The van der Waals surface area contributed by atoms with Crippen molar-refractivity contribution in [3.63, 3.8) is 0 Å². The molecule has 0 spiro atoms. The lowest BCUT2D eigenvalue weighted by molar-refractivity contribution is -0.123. The van der Waals surface area contributed by atoms with Crippen molar-refractivity contribution in [1.29, 1.82) is 0 Å². The number of pyridine rings is 1. The number of nitrogens with zero attached hydrogens (tertiary/aromatic N) is 5. The predicted molar refractivity (Wildman–Crippen MR) is 115 cm³/mol. The summed E-state index contributed by atoms with van der Waals surface area (Å²) in [5, 5.41) is 4.34. The molecule has 0 aliphatic carbocycles. The normalized spacial score (nSPS) is 17.8. The number of anilines is 1. The Labute approximate surface area is 179 Å². The van der Waals surface area contributed by atoms with Gasteiger partial charge in [-0.25, -0.2) is 9.67 Å². The maximum Gasteiger partial charge on any atom is 0.233 e. The number of ether oxygens (including phenoxy) is 1. The van der Waals surface area contributed by atoms with E-state index in [9.17, 15) is 9.18 Å². The van der Waals surface area contributed by atoms with Crippen LogP contribution in [-0.4, -0.2) is 46.9 Å². The molecule has 10 heteroatoms. The first-order valence-electron chi connectivity index (χ1n) is 9.83. The van der Waals surface area contributed by atoms with Gasteiger partial charge in [0.25, 0.3) is 0 Å². The number of hydrogen-bond donors (Lipinski definition) is 0. The highest BCUT2D eigenvalue weighted by molar-refractivity contribution is 9.10. The van der Waals surface area contributed by atoms with Crippen molar-refractivity contribution in [2.75, 3.05) is 18.1 Å². The number of amides is 1. The van der Waals surface area contributed by atoms with Gasteiger partial charge in [-0.1, -0.05) is 6.07 Å². The standard InChI is InChI=1S/C19H27BrFN5O2Si/c1-29(2,3)10-9-28-13-26-19(23-18(20)24-26)25-8-4-5-15(17(25)27)11-14-6-7-16(21)22-12-14/h6-7,12,15H,4-5,8-11,13H2,1-3H3/q-1. The minimum atomic E-state index is -1.17. The average Bonchev–Trinajstić information content (AvgIpc) is 3.02. The molecule has 1 fully saturated rings. The zero-order chi connectivity index (χ0) is 21.0. The highest BCUT2D eigenvalue weighted by Crippen LogP contribution is 2.27. The molecule has 159 valence electrons. The zero-order valence-corrected chi connectivity index (χ0v) is 19.7. The second-order valence-electron chi connectivity index (χ2n) is 8.55. The van der Waals surface area contributed by atoms with Crippen molar-refractivity contribution in [1.82, 2.24) is 19.7 Å². The second kappa shape index (κ2) is 9.44. The Morgan fingerprint density at radius 2 is 2.14 bits per heavy atom. The first-order chi connectivity index (χ1) is 13.7. The van der Waals surface area contributed by atoms with Crippen molar-refractivity contribution < 1.29 is 13.9 Å². The van der Waals surface area contributed by atoms with Crippen molar-refractivity contribution in [3.8, 4) is 0 Å². The summed E-state index contributed by atoms with van der Waals surface area (Å²) in [6, 6.07) is 4.07. The maximum atomic E-state index is 13.1. The van der Waals surface area contributed by atoms with Crippen LogP contribution in [0.1, 0.15) is 18.4 Å². The molecule has 3 rings (SSSR count). The van der Waals surface area contributed by atoms with E-state index in [2.05, 4.69) is 50.6 Å². The lowest BCUT2D eigenvalue weighted by Crippen LogP contribution is -2.43. The molecule has 0 aromatic carbocycles. The minimum Gasteiger partial charge on any atom is -0.362 e. The largest absolute Gasteiger partial charge is 0.362 e. The van der Waals surface area contributed by atoms with Crippen LogP contribution >= 0.6 is 15.9 Å². The molecule has 1 aliphatic heterocycles. The molecule has 1 saturated heterocycles. The lowest BCUT2D eigenvalue weighted by Gasteiger charge is -2.31. The van der Waals surface area contributed by atoms with Crippen molar-refractivity contribution in [2.24, 2.45) is 5.92 Å². The molecule has 3 heterocycles. The fourth-order valence-corrected chi connectivity index (χ4v) is 4.38. The van der Waals surface area contributed by atoms with E-state index in [-0.39, 0.29) is 18.6 Å². The summed E-state index contributed by atoms with van der Waals surface area (Å²) in [6.45, 7) is 8.43. The van der Waals surface area contributed by atoms with Gasteiger partial charge in [0, 0.05) is 25.3 Å². The van der Waals surface area contributed by atoms with Gasteiger partial charge in [0.2, 0.25) is 22.5 Å². The molecule has 0 saturated carbocycles. The van der Waals surface area contributed by atoms with Crippen LogP contribution in [0.15, 0.2) is 23.1 Å². The summed E-state index contributed by atoms with van der Waals surface area (Å²) in [6.07, 6.45) is 3.68. The molecule has 1 aliphatic rings. The Morgan fingerprint density at radius 3 is 2.83 bits per heavy atom. The van der Waals surface area contributed by atoms with E-state index in [4.69, 9.17) is 4.74 Å². The Hall–Kier alpha value is -1.65. The molecule has 1 amide bonds. The molecule has 0 bridgehead atoms. The molecule has 7 nitrogen and oxygen atoms in total. The zero-order valence-electron chi connectivity index (χ0n) is 17.1. The van der Waals surface area contributed by atoms with Gasteiger partial charge in [-0.2, -0.15) is 29.0 Å². The first kappa shape index (κ1) is 22.0. The smallest absolute Gasteiger partial charge is 0.233 e. The average molecular weight is 484 g/mol. The van der Waals surface area contributed by atoms with Gasteiger partial charge in [0.1, 0.15) is 6.73 Å². The number of halogens is 2. The first-order valence-corrected chi connectivity index (χ1v) is 14.3. The molecule has 0 N–H and O–H groups in total. The Morgan fingerprint density at radius 1 is 1.34 bits per heavy atom. The quantitative estimate of drug-likeness (QED) is 0.323. The Kier molecular flexibility index (Phi) is 7.17. The van der Waals surface area contributed by atoms with Crippen LogP contribution in [0.3, 0.4) is 0 Å². The van der Waals surface area contributed by atoms with Crippen molar-refractivity contribution >= 4 is 35.9 Å². The van der Waals surface area contributed by atoms with Gasteiger partial charge >= 0.3 is 0 Å². The monoisotopic (exact) mass is 483 g/mol. The summed E-state index contributed by atoms with van der Waals surface area (Å²) >= 11 is 3.31. The van der Waals surface area contributed by atoms with Crippen LogP contribution in [0.25, 0.3) is 0 Å². The Bertz CT molecular complexity index is 840. The third-order valence-electron chi connectivity index (χ3n) is 4.90. The van der Waals surface area contributed by atoms with E-state index in [0.29, 0.717) is 30.3 Å². The number of carbonyl (C=O) groups is 1. The summed E-state index contributed by atoms with van der Waals surface area (Å²) in [4.78, 5) is 22.9. The molecule has 1 atom stereocenters. The molecule has 0 radical (unpaired) electrons. The number of piperidine rings is 1. The second-order valence-corrected chi connectivity index (χ2v) is 14.9. The highest BCUT2D eigenvalue weighted by atomic mass is 79.9. The molecular weight excluding hydrogens is 457 g/mol. The van der Waals surface area contributed by atoms with Crippen LogP contribution in [-0.2, 0) is 22.7 Å². The molecular formula is C19H27BrFN5O2Si-. The summed E-state index contributed by atoms with van der Waals surface area (Å²) in [7, 11) is -1.17. The van der Waals surface area contributed by atoms with Crippen molar-refractivity contribution in [3.05, 3.63) is 34.6 Å². The van der Waals surface area contributed by atoms with Gasteiger partial charge in [0.15, 0.2) is 0 Å². The lowest BCUT2D eigenvalue weighted by atomic mass is 9.91. The molecule has 1 unspecified atom stereocenters. The fourth-order valence-electron chi connectivity index (χ4n) is 3.27. The van der Waals surface area contributed by atoms with E-state index in [1.54, 1.807) is 15.6 Å². The van der Waals surface area contributed by atoms with E-state index in [1.807, 2.05) is 0 Å². The maximum absolute atomic E-state index is 13.1. The molecule has 29 heavy (non-hydrogen) atoms. The van der Waals surface area contributed by atoms with Crippen LogP contribution in [0.2, 0.25) is 25.7 Å². The molecule has 2 aromatic rings. The van der Waals surface area contributed by atoms with E-state index >= 15 is 0 Å². The van der Waals surface area contributed by atoms with Gasteiger partial charge in [-0.05, 0) is 46.8 Å². The highest BCUT2D eigenvalue weighted by Gasteiger charge is 2.32. The summed E-state index contributed by atoms with van der Waals surface area (Å²) in [5.74, 6) is -0.203. The predicted octanol–water partition coefficient (Wildman–Crippen LogP) is 3.87.